The van der Waals surface area contributed by atoms with Gasteiger partial charge in [0, 0.05) is 32.4 Å². The van der Waals surface area contributed by atoms with Gasteiger partial charge in [-0.25, -0.2) is 9.97 Å². The molecule has 1 amide bonds. The molecule has 116 valence electrons. The van der Waals surface area contributed by atoms with Crippen LogP contribution in [0.1, 0.15) is 6.92 Å². The Hall–Kier alpha value is -1.66. The lowest BCUT2D eigenvalue weighted by Gasteiger charge is -2.35. The van der Waals surface area contributed by atoms with Crippen LogP contribution in [0, 0.1) is 0 Å². The number of piperazine rings is 1. The molecule has 0 spiro atoms. The second-order valence-electron chi connectivity index (χ2n) is 5.15. The van der Waals surface area contributed by atoms with Crippen LogP contribution in [0.3, 0.4) is 0 Å². The molecule has 1 aliphatic heterocycles. The number of hydrogen-bond acceptors (Lipinski definition) is 5. The van der Waals surface area contributed by atoms with E-state index in [4.69, 9.17) is 11.6 Å². The molecule has 5 nitrogen and oxygen atoms in total. The van der Waals surface area contributed by atoms with Gasteiger partial charge in [-0.15, -0.1) is 22.9 Å². The molecule has 0 bridgehead atoms. The Kier molecular flexibility index (Phi) is 4.59. The molecule has 7 heteroatoms. The second kappa shape index (κ2) is 6.62. The summed E-state index contributed by atoms with van der Waals surface area (Å²) in [6, 6.07) is 5.99. The lowest BCUT2D eigenvalue weighted by Crippen LogP contribution is -2.50. The standard InChI is InChI=1S/C15H17ClN4OS/c1-11(16)14(21)19-6-8-20(9-7-19)15-17-5-4-12(18-15)13-3-2-10-22-13/h2-5,10-11H,6-9H2,1H3. The van der Waals surface area contributed by atoms with Gasteiger partial charge < -0.3 is 9.80 Å². The first kappa shape index (κ1) is 15.2. The summed E-state index contributed by atoms with van der Waals surface area (Å²) in [5.74, 6) is 0.714. The third-order valence-corrected chi connectivity index (χ3v) is 4.71. The van der Waals surface area contributed by atoms with Crippen molar-refractivity contribution in [2.24, 2.45) is 0 Å². The van der Waals surface area contributed by atoms with Crippen molar-refractivity contribution in [2.45, 2.75) is 12.3 Å². The van der Waals surface area contributed by atoms with Crippen molar-refractivity contribution >= 4 is 34.8 Å². The van der Waals surface area contributed by atoms with Crippen LogP contribution >= 0.6 is 22.9 Å². The second-order valence-corrected chi connectivity index (χ2v) is 6.75. The summed E-state index contributed by atoms with van der Waals surface area (Å²) in [6.07, 6.45) is 1.79. The van der Waals surface area contributed by atoms with Crippen LogP contribution in [0.25, 0.3) is 10.6 Å². The molecular formula is C15H17ClN4OS. The zero-order valence-electron chi connectivity index (χ0n) is 12.3. The maximum absolute atomic E-state index is 11.9. The van der Waals surface area contributed by atoms with Crippen LogP contribution in [0.5, 0.6) is 0 Å². The number of thiophene rings is 1. The number of rotatable bonds is 3. The Labute approximate surface area is 138 Å². The minimum Gasteiger partial charge on any atom is -0.338 e. The number of carbonyl (C=O) groups is 1. The average Bonchev–Trinajstić information content (AvgIpc) is 3.09. The molecule has 2 aromatic rings. The minimum absolute atomic E-state index is 0.00503. The zero-order valence-corrected chi connectivity index (χ0v) is 13.8. The van der Waals surface area contributed by atoms with Crippen molar-refractivity contribution in [1.82, 2.24) is 14.9 Å². The number of alkyl halides is 1. The first-order chi connectivity index (χ1) is 10.6. The summed E-state index contributed by atoms with van der Waals surface area (Å²) in [5, 5.41) is 1.57. The summed E-state index contributed by atoms with van der Waals surface area (Å²) in [5.41, 5.74) is 0.938. The lowest BCUT2D eigenvalue weighted by atomic mass is 10.3. The number of hydrogen-bond donors (Lipinski definition) is 0. The third-order valence-electron chi connectivity index (χ3n) is 3.63. The Morgan fingerprint density at radius 1 is 1.32 bits per heavy atom. The highest BCUT2D eigenvalue weighted by Gasteiger charge is 2.24. The van der Waals surface area contributed by atoms with Gasteiger partial charge in [0.15, 0.2) is 0 Å². The summed E-state index contributed by atoms with van der Waals surface area (Å²) in [4.78, 5) is 26.0. The monoisotopic (exact) mass is 336 g/mol. The molecule has 0 aromatic carbocycles. The molecule has 0 radical (unpaired) electrons. The van der Waals surface area contributed by atoms with Crippen molar-refractivity contribution < 1.29 is 4.79 Å². The van der Waals surface area contributed by atoms with E-state index in [0.717, 1.165) is 29.6 Å². The van der Waals surface area contributed by atoms with Crippen LogP contribution < -0.4 is 4.90 Å². The van der Waals surface area contributed by atoms with Crippen LogP contribution in [0.2, 0.25) is 0 Å². The normalized spacial score (nSPS) is 16.6. The van der Waals surface area contributed by atoms with Crippen molar-refractivity contribution in [2.75, 3.05) is 31.1 Å². The highest BCUT2D eigenvalue weighted by molar-refractivity contribution is 7.13. The SMILES string of the molecule is CC(Cl)C(=O)N1CCN(c2nccc(-c3cccs3)n2)CC1. The van der Waals surface area contributed by atoms with Gasteiger partial charge in [-0.3, -0.25) is 4.79 Å². The summed E-state index contributed by atoms with van der Waals surface area (Å²) < 4.78 is 0. The van der Waals surface area contributed by atoms with Gasteiger partial charge in [-0.2, -0.15) is 0 Å². The molecule has 0 aliphatic carbocycles. The van der Waals surface area contributed by atoms with Gasteiger partial charge in [0.1, 0.15) is 5.38 Å². The van der Waals surface area contributed by atoms with E-state index in [0.29, 0.717) is 13.1 Å². The van der Waals surface area contributed by atoms with Crippen molar-refractivity contribution in [3.05, 3.63) is 29.8 Å². The predicted molar refractivity (Wildman–Crippen MR) is 89.5 cm³/mol. The molecule has 3 heterocycles. The third kappa shape index (κ3) is 3.23. The topological polar surface area (TPSA) is 49.3 Å². The largest absolute Gasteiger partial charge is 0.338 e. The van der Waals surface area contributed by atoms with Crippen LogP contribution in [0.15, 0.2) is 29.8 Å². The number of halogens is 1. The molecule has 1 aliphatic rings. The summed E-state index contributed by atoms with van der Waals surface area (Å²) in [7, 11) is 0. The minimum atomic E-state index is -0.468. The number of aromatic nitrogens is 2. The lowest BCUT2D eigenvalue weighted by molar-refractivity contribution is -0.130. The van der Waals surface area contributed by atoms with E-state index >= 15 is 0 Å². The van der Waals surface area contributed by atoms with Gasteiger partial charge in [-0.05, 0) is 24.4 Å². The smallest absolute Gasteiger partial charge is 0.240 e. The molecule has 1 unspecified atom stereocenters. The van der Waals surface area contributed by atoms with Crippen molar-refractivity contribution in [3.63, 3.8) is 0 Å². The van der Waals surface area contributed by atoms with Gasteiger partial charge in [0.25, 0.3) is 0 Å². The highest BCUT2D eigenvalue weighted by atomic mass is 35.5. The maximum Gasteiger partial charge on any atom is 0.240 e. The molecule has 3 rings (SSSR count). The Morgan fingerprint density at radius 2 is 2.09 bits per heavy atom. The van der Waals surface area contributed by atoms with Crippen LogP contribution in [-0.2, 0) is 4.79 Å². The molecule has 1 atom stereocenters. The molecule has 0 saturated carbocycles. The van der Waals surface area contributed by atoms with Gasteiger partial charge >= 0.3 is 0 Å². The van der Waals surface area contributed by atoms with E-state index in [1.807, 2.05) is 17.5 Å². The number of anilines is 1. The molecule has 1 fully saturated rings. The van der Waals surface area contributed by atoms with E-state index < -0.39 is 5.38 Å². The average molecular weight is 337 g/mol. The van der Waals surface area contributed by atoms with Gasteiger partial charge in [0.2, 0.25) is 11.9 Å². The predicted octanol–water partition coefficient (Wildman–Crippen LogP) is 2.48. The van der Waals surface area contributed by atoms with Crippen molar-refractivity contribution in [3.8, 4) is 10.6 Å². The molecule has 0 N–H and O–H groups in total. The molecular weight excluding hydrogens is 320 g/mol. The number of carbonyl (C=O) groups excluding carboxylic acids is 1. The fourth-order valence-electron chi connectivity index (χ4n) is 2.44. The molecule has 2 aromatic heterocycles. The summed E-state index contributed by atoms with van der Waals surface area (Å²) in [6.45, 7) is 4.47. The van der Waals surface area contributed by atoms with E-state index in [9.17, 15) is 4.79 Å². The summed E-state index contributed by atoms with van der Waals surface area (Å²) >= 11 is 7.53. The quantitative estimate of drug-likeness (QED) is 0.808. The highest BCUT2D eigenvalue weighted by Crippen LogP contribution is 2.24. The first-order valence-corrected chi connectivity index (χ1v) is 8.51. The Morgan fingerprint density at radius 3 is 2.73 bits per heavy atom. The molecule has 22 heavy (non-hydrogen) atoms. The fourth-order valence-corrected chi connectivity index (χ4v) is 3.27. The van der Waals surface area contributed by atoms with E-state index in [2.05, 4.69) is 20.9 Å². The zero-order chi connectivity index (χ0) is 15.5. The van der Waals surface area contributed by atoms with Crippen LogP contribution in [-0.4, -0.2) is 52.3 Å². The van der Waals surface area contributed by atoms with Crippen molar-refractivity contribution in [1.29, 1.82) is 0 Å². The fraction of sp³-hybridized carbons (Fsp3) is 0.400. The Bertz CT molecular complexity index is 639. The van der Waals surface area contributed by atoms with E-state index in [1.54, 1.807) is 29.4 Å². The number of nitrogens with zero attached hydrogens (tertiary/aromatic N) is 4. The van der Waals surface area contributed by atoms with Gasteiger partial charge in [-0.1, -0.05) is 6.07 Å². The molecule has 1 saturated heterocycles. The van der Waals surface area contributed by atoms with Gasteiger partial charge in [0.05, 0.1) is 10.6 Å². The van der Waals surface area contributed by atoms with E-state index in [1.165, 1.54) is 0 Å². The van der Waals surface area contributed by atoms with Crippen LogP contribution in [0.4, 0.5) is 5.95 Å². The Balaban J connectivity index is 1.69. The van der Waals surface area contributed by atoms with E-state index in [-0.39, 0.29) is 5.91 Å². The maximum atomic E-state index is 11.9. The first-order valence-electron chi connectivity index (χ1n) is 7.20. The number of amides is 1.